The summed E-state index contributed by atoms with van der Waals surface area (Å²) in [5.74, 6) is -0.166. The number of carboxylic acids is 1. The van der Waals surface area contributed by atoms with Crippen LogP contribution in [0.3, 0.4) is 0 Å². The van der Waals surface area contributed by atoms with Gasteiger partial charge in [-0.2, -0.15) is 5.26 Å². The molecule has 2 aromatic carbocycles. The van der Waals surface area contributed by atoms with Crippen LogP contribution >= 0.6 is 11.8 Å². The standard InChI is InChI=1S/C15H11NO2S/c16-9-11-2-1-3-12(8-11)10-19-14-6-4-13(5-7-14)15(17)18/h1-8H,10H2,(H,17,18). The summed E-state index contributed by atoms with van der Waals surface area (Å²) < 4.78 is 0. The fourth-order valence-electron chi connectivity index (χ4n) is 1.59. The maximum absolute atomic E-state index is 10.7. The largest absolute Gasteiger partial charge is 0.478 e. The Balaban J connectivity index is 2.02. The topological polar surface area (TPSA) is 61.1 Å². The zero-order valence-electron chi connectivity index (χ0n) is 10.0. The van der Waals surface area contributed by atoms with E-state index in [0.717, 1.165) is 16.2 Å². The van der Waals surface area contributed by atoms with Crippen LogP contribution in [0, 0.1) is 11.3 Å². The number of thioether (sulfide) groups is 1. The number of benzene rings is 2. The van der Waals surface area contributed by atoms with Crippen LogP contribution in [0.2, 0.25) is 0 Å². The van der Waals surface area contributed by atoms with Crippen molar-refractivity contribution >= 4 is 17.7 Å². The molecule has 2 aromatic rings. The maximum Gasteiger partial charge on any atom is 0.335 e. The lowest BCUT2D eigenvalue weighted by Gasteiger charge is -2.03. The van der Waals surface area contributed by atoms with Crippen LogP contribution in [0.25, 0.3) is 0 Å². The van der Waals surface area contributed by atoms with E-state index in [1.807, 2.05) is 18.2 Å². The normalized spacial score (nSPS) is 9.84. The summed E-state index contributed by atoms with van der Waals surface area (Å²) in [6.07, 6.45) is 0. The van der Waals surface area contributed by atoms with E-state index in [1.54, 1.807) is 42.1 Å². The van der Waals surface area contributed by atoms with Gasteiger partial charge in [-0.3, -0.25) is 0 Å². The molecule has 0 heterocycles. The van der Waals surface area contributed by atoms with E-state index < -0.39 is 5.97 Å². The first kappa shape index (κ1) is 13.2. The Morgan fingerprint density at radius 1 is 1.21 bits per heavy atom. The molecule has 0 aromatic heterocycles. The van der Waals surface area contributed by atoms with Crippen molar-refractivity contribution in [2.75, 3.05) is 0 Å². The Bertz CT molecular complexity index is 629. The summed E-state index contributed by atoms with van der Waals surface area (Å²) in [7, 11) is 0. The Morgan fingerprint density at radius 2 is 1.95 bits per heavy atom. The number of aromatic carboxylic acids is 1. The number of nitrogens with zero attached hydrogens (tertiary/aromatic N) is 1. The quantitative estimate of drug-likeness (QED) is 0.862. The molecule has 0 bridgehead atoms. The Hall–Kier alpha value is -2.25. The van der Waals surface area contributed by atoms with Gasteiger partial charge in [0.15, 0.2) is 0 Å². The molecule has 0 aliphatic rings. The van der Waals surface area contributed by atoms with Crippen molar-refractivity contribution in [1.82, 2.24) is 0 Å². The minimum absolute atomic E-state index is 0.288. The van der Waals surface area contributed by atoms with Gasteiger partial charge in [-0.05, 0) is 42.0 Å². The third-order valence-electron chi connectivity index (χ3n) is 2.56. The molecule has 94 valence electrons. The number of nitriles is 1. The highest BCUT2D eigenvalue weighted by Crippen LogP contribution is 2.23. The Morgan fingerprint density at radius 3 is 2.58 bits per heavy atom. The molecule has 0 atom stereocenters. The van der Waals surface area contributed by atoms with E-state index in [0.29, 0.717) is 5.56 Å². The van der Waals surface area contributed by atoms with E-state index in [2.05, 4.69) is 6.07 Å². The van der Waals surface area contributed by atoms with E-state index in [4.69, 9.17) is 10.4 Å². The van der Waals surface area contributed by atoms with Crippen molar-refractivity contribution in [3.63, 3.8) is 0 Å². The van der Waals surface area contributed by atoms with Gasteiger partial charge < -0.3 is 5.11 Å². The third-order valence-corrected chi connectivity index (χ3v) is 3.65. The van der Waals surface area contributed by atoms with Gasteiger partial charge in [-0.15, -0.1) is 11.8 Å². The van der Waals surface area contributed by atoms with Crippen molar-refractivity contribution < 1.29 is 9.90 Å². The first-order chi connectivity index (χ1) is 9.19. The van der Waals surface area contributed by atoms with Gasteiger partial charge >= 0.3 is 5.97 Å². The van der Waals surface area contributed by atoms with Gasteiger partial charge in [0.1, 0.15) is 0 Å². The molecule has 19 heavy (non-hydrogen) atoms. The van der Waals surface area contributed by atoms with Crippen molar-refractivity contribution in [2.24, 2.45) is 0 Å². The van der Waals surface area contributed by atoms with Crippen LogP contribution in [0.15, 0.2) is 53.4 Å². The average Bonchev–Trinajstić information content (AvgIpc) is 2.46. The minimum atomic E-state index is -0.918. The number of rotatable bonds is 4. The molecule has 0 saturated carbocycles. The third kappa shape index (κ3) is 3.60. The summed E-state index contributed by atoms with van der Waals surface area (Å²) in [6.45, 7) is 0. The summed E-state index contributed by atoms with van der Waals surface area (Å²) >= 11 is 1.61. The second-order valence-corrected chi connectivity index (χ2v) is 4.98. The number of carbonyl (C=O) groups is 1. The molecule has 0 radical (unpaired) electrons. The molecule has 0 unspecified atom stereocenters. The van der Waals surface area contributed by atoms with Crippen LogP contribution in [0.1, 0.15) is 21.5 Å². The molecule has 0 aliphatic heterocycles. The average molecular weight is 269 g/mol. The molecule has 0 aliphatic carbocycles. The molecule has 0 saturated heterocycles. The van der Waals surface area contributed by atoms with Gasteiger partial charge in [-0.1, -0.05) is 12.1 Å². The minimum Gasteiger partial charge on any atom is -0.478 e. The molecular formula is C15H11NO2S. The Kier molecular flexibility index (Phi) is 4.22. The highest BCUT2D eigenvalue weighted by molar-refractivity contribution is 7.98. The van der Waals surface area contributed by atoms with E-state index in [-0.39, 0.29) is 5.56 Å². The van der Waals surface area contributed by atoms with Crippen LogP contribution in [0.4, 0.5) is 0 Å². The highest BCUT2D eigenvalue weighted by atomic mass is 32.2. The van der Waals surface area contributed by atoms with Crippen molar-refractivity contribution in [3.05, 3.63) is 65.2 Å². The lowest BCUT2D eigenvalue weighted by Crippen LogP contribution is -1.94. The van der Waals surface area contributed by atoms with E-state index >= 15 is 0 Å². The summed E-state index contributed by atoms with van der Waals surface area (Å²) in [6, 6.07) is 16.4. The van der Waals surface area contributed by atoms with Gasteiger partial charge in [0.05, 0.1) is 17.2 Å². The van der Waals surface area contributed by atoms with Crippen molar-refractivity contribution in [3.8, 4) is 6.07 Å². The molecular weight excluding hydrogens is 258 g/mol. The second kappa shape index (κ2) is 6.07. The lowest BCUT2D eigenvalue weighted by atomic mass is 10.2. The van der Waals surface area contributed by atoms with E-state index in [9.17, 15) is 4.79 Å². The summed E-state index contributed by atoms with van der Waals surface area (Å²) in [4.78, 5) is 11.7. The summed E-state index contributed by atoms with van der Waals surface area (Å²) in [5.41, 5.74) is 2.02. The number of hydrogen-bond donors (Lipinski definition) is 1. The van der Waals surface area contributed by atoms with Crippen molar-refractivity contribution in [2.45, 2.75) is 10.6 Å². The summed E-state index contributed by atoms with van der Waals surface area (Å²) in [5, 5.41) is 17.6. The Labute approximate surface area is 115 Å². The predicted molar refractivity (Wildman–Crippen MR) is 74.1 cm³/mol. The van der Waals surface area contributed by atoms with Gasteiger partial charge in [0.2, 0.25) is 0 Å². The van der Waals surface area contributed by atoms with Crippen LogP contribution < -0.4 is 0 Å². The fourth-order valence-corrected chi connectivity index (χ4v) is 2.43. The van der Waals surface area contributed by atoms with Gasteiger partial charge in [0.25, 0.3) is 0 Å². The maximum atomic E-state index is 10.7. The van der Waals surface area contributed by atoms with E-state index in [1.165, 1.54) is 0 Å². The zero-order chi connectivity index (χ0) is 13.7. The lowest BCUT2D eigenvalue weighted by molar-refractivity contribution is 0.0697. The highest BCUT2D eigenvalue weighted by Gasteiger charge is 2.02. The second-order valence-electron chi connectivity index (χ2n) is 3.93. The molecule has 0 fully saturated rings. The van der Waals surface area contributed by atoms with Crippen LogP contribution in [-0.2, 0) is 5.75 Å². The van der Waals surface area contributed by atoms with Gasteiger partial charge in [0, 0.05) is 10.6 Å². The fraction of sp³-hybridized carbons (Fsp3) is 0.0667. The molecule has 0 spiro atoms. The molecule has 4 heteroatoms. The first-order valence-corrected chi connectivity index (χ1v) is 6.63. The first-order valence-electron chi connectivity index (χ1n) is 5.64. The predicted octanol–water partition coefficient (Wildman–Crippen LogP) is 3.55. The SMILES string of the molecule is N#Cc1cccc(CSc2ccc(C(=O)O)cc2)c1. The number of hydrogen-bond acceptors (Lipinski definition) is 3. The van der Waals surface area contributed by atoms with Crippen LogP contribution in [0.5, 0.6) is 0 Å². The van der Waals surface area contributed by atoms with Gasteiger partial charge in [-0.25, -0.2) is 4.79 Å². The van der Waals surface area contributed by atoms with Crippen molar-refractivity contribution in [1.29, 1.82) is 5.26 Å². The molecule has 1 N–H and O–H groups in total. The smallest absolute Gasteiger partial charge is 0.335 e. The molecule has 2 rings (SSSR count). The van der Waals surface area contributed by atoms with Crippen LogP contribution in [-0.4, -0.2) is 11.1 Å². The molecule has 0 amide bonds. The zero-order valence-corrected chi connectivity index (χ0v) is 10.9. The monoisotopic (exact) mass is 269 g/mol. The number of carboxylic acid groups (broad SMARTS) is 1. The molecule has 3 nitrogen and oxygen atoms in total.